The van der Waals surface area contributed by atoms with Crippen molar-refractivity contribution in [3.05, 3.63) is 29.8 Å². The molecule has 2 amide bonds. The second-order valence-corrected chi connectivity index (χ2v) is 6.82. The van der Waals surface area contributed by atoms with Gasteiger partial charge in [-0.2, -0.15) is 0 Å². The van der Waals surface area contributed by atoms with Gasteiger partial charge in [0.05, 0.1) is 19.3 Å². The summed E-state index contributed by atoms with van der Waals surface area (Å²) in [4.78, 5) is 14.3. The first-order valence-corrected chi connectivity index (χ1v) is 8.46. The summed E-state index contributed by atoms with van der Waals surface area (Å²) >= 11 is 0. The largest absolute Gasteiger partial charge is 0.497 e. The first kappa shape index (κ1) is 16.1. The molecule has 0 bridgehead atoms. The average molecular weight is 318 g/mol. The molecule has 5 nitrogen and oxygen atoms in total. The molecule has 1 saturated carbocycles. The minimum Gasteiger partial charge on any atom is -0.497 e. The van der Waals surface area contributed by atoms with Crippen LogP contribution >= 0.6 is 0 Å². The maximum atomic E-state index is 12.6. The number of β-amino-alcohol motifs (C(OH)–C–C–N with tert-alkyl or cyclic N) is 1. The number of likely N-dealkylation sites (tertiary alicyclic amines) is 1. The summed E-state index contributed by atoms with van der Waals surface area (Å²) in [5.41, 5.74) is 1.12. The third kappa shape index (κ3) is 3.78. The van der Waals surface area contributed by atoms with Gasteiger partial charge in [0.25, 0.3) is 0 Å². The zero-order chi connectivity index (χ0) is 16.4. The van der Waals surface area contributed by atoms with E-state index in [1.165, 1.54) is 0 Å². The van der Waals surface area contributed by atoms with Crippen LogP contribution in [0.25, 0.3) is 0 Å². The lowest BCUT2D eigenvalue weighted by Gasteiger charge is -2.35. The Morgan fingerprint density at radius 3 is 2.57 bits per heavy atom. The lowest BCUT2D eigenvalue weighted by molar-refractivity contribution is 0.0428. The van der Waals surface area contributed by atoms with E-state index in [-0.39, 0.29) is 18.0 Å². The molecule has 2 fully saturated rings. The molecule has 0 spiro atoms. The van der Waals surface area contributed by atoms with Gasteiger partial charge in [0.1, 0.15) is 5.75 Å². The second kappa shape index (κ2) is 6.79. The number of aliphatic hydroxyl groups excluding tert-OH is 1. The Labute approximate surface area is 137 Å². The molecule has 3 rings (SSSR count). The highest BCUT2D eigenvalue weighted by molar-refractivity contribution is 5.75. The van der Waals surface area contributed by atoms with Crippen LogP contribution in [0.3, 0.4) is 0 Å². The molecule has 1 heterocycles. The summed E-state index contributed by atoms with van der Waals surface area (Å²) in [6.07, 6.45) is 2.73. The number of carbonyl (C=O) groups excluding carboxylic acids is 1. The predicted octanol–water partition coefficient (Wildman–Crippen LogP) is 2.56. The van der Waals surface area contributed by atoms with Crippen LogP contribution in [-0.4, -0.2) is 42.3 Å². The van der Waals surface area contributed by atoms with E-state index in [4.69, 9.17) is 4.74 Å². The number of rotatable bonds is 4. The highest BCUT2D eigenvalue weighted by Gasteiger charge is 2.35. The highest BCUT2D eigenvalue weighted by atomic mass is 16.5. The fourth-order valence-corrected chi connectivity index (χ4v) is 3.17. The smallest absolute Gasteiger partial charge is 0.317 e. The van der Waals surface area contributed by atoms with Gasteiger partial charge in [-0.3, -0.25) is 0 Å². The van der Waals surface area contributed by atoms with Gasteiger partial charge < -0.3 is 20.1 Å². The number of aliphatic hydroxyl groups is 1. The van der Waals surface area contributed by atoms with E-state index >= 15 is 0 Å². The van der Waals surface area contributed by atoms with Crippen molar-refractivity contribution in [2.45, 2.75) is 38.3 Å². The maximum Gasteiger partial charge on any atom is 0.317 e. The first-order chi connectivity index (χ1) is 11.1. The number of carbonyl (C=O) groups is 1. The molecule has 1 aromatic carbocycles. The number of benzene rings is 1. The van der Waals surface area contributed by atoms with Gasteiger partial charge in [0.2, 0.25) is 0 Å². The number of hydrogen-bond acceptors (Lipinski definition) is 3. The number of urea groups is 1. The van der Waals surface area contributed by atoms with Crippen LogP contribution < -0.4 is 10.1 Å². The fourth-order valence-electron chi connectivity index (χ4n) is 3.17. The summed E-state index contributed by atoms with van der Waals surface area (Å²) in [6, 6.07) is 7.89. The van der Waals surface area contributed by atoms with E-state index in [2.05, 4.69) is 5.32 Å². The standard InChI is InChI=1S/C18H26N2O3/c1-12-9-10-20(11-16(12)21)18(22)19-17(13-3-4-13)14-5-7-15(23-2)8-6-14/h5-8,12-13,16-17,21H,3-4,9-11H2,1-2H3,(H,19,22). The van der Waals surface area contributed by atoms with Crippen LogP contribution in [0, 0.1) is 11.8 Å². The molecule has 23 heavy (non-hydrogen) atoms. The predicted molar refractivity (Wildman–Crippen MR) is 88.4 cm³/mol. The topological polar surface area (TPSA) is 61.8 Å². The van der Waals surface area contributed by atoms with E-state index in [9.17, 15) is 9.90 Å². The molecule has 0 radical (unpaired) electrons. The number of piperidine rings is 1. The third-order valence-corrected chi connectivity index (χ3v) is 5.05. The zero-order valence-electron chi connectivity index (χ0n) is 13.9. The minimum atomic E-state index is -0.421. The zero-order valence-corrected chi connectivity index (χ0v) is 13.9. The van der Waals surface area contributed by atoms with Crippen LogP contribution in [0.5, 0.6) is 5.75 Å². The van der Waals surface area contributed by atoms with Crippen LogP contribution in [0.4, 0.5) is 4.79 Å². The van der Waals surface area contributed by atoms with Crippen molar-refractivity contribution >= 4 is 6.03 Å². The van der Waals surface area contributed by atoms with Crippen LogP contribution in [0.15, 0.2) is 24.3 Å². The number of methoxy groups -OCH3 is 1. The van der Waals surface area contributed by atoms with E-state index in [0.717, 1.165) is 30.6 Å². The Morgan fingerprint density at radius 1 is 1.30 bits per heavy atom. The third-order valence-electron chi connectivity index (χ3n) is 5.05. The Bertz CT molecular complexity index is 542. The quantitative estimate of drug-likeness (QED) is 0.897. The summed E-state index contributed by atoms with van der Waals surface area (Å²) in [5, 5.41) is 13.2. The molecule has 1 aromatic rings. The number of hydrogen-bond donors (Lipinski definition) is 2. The summed E-state index contributed by atoms with van der Waals surface area (Å²) in [6.45, 7) is 3.17. The van der Waals surface area contributed by atoms with Crippen molar-refractivity contribution in [1.82, 2.24) is 10.2 Å². The summed E-state index contributed by atoms with van der Waals surface area (Å²) in [7, 11) is 1.65. The average Bonchev–Trinajstić information content (AvgIpc) is 3.40. The second-order valence-electron chi connectivity index (χ2n) is 6.82. The van der Waals surface area contributed by atoms with Gasteiger partial charge in [-0.25, -0.2) is 4.79 Å². The van der Waals surface area contributed by atoms with Crippen molar-refractivity contribution in [3.63, 3.8) is 0 Å². The van der Waals surface area contributed by atoms with Gasteiger partial charge in [-0.1, -0.05) is 19.1 Å². The lowest BCUT2D eigenvalue weighted by Crippen LogP contribution is -2.50. The van der Waals surface area contributed by atoms with Gasteiger partial charge in [0, 0.05) is 13.1 Å². The minimum absolute atomic E-state index is 0.0462. The van der Waals surface area contributed by atoms with Gasteiger partial charge in [-0.15, -0.1) is 0 Å². The van der Waals surface area contributed by atoms with Crippen molar-refractivity contribution in [1.29, 1.82) is 0 Å². The molecule has 2 N–H and O–H groups in total. The van der Waals surface area contributed by atoms with Crippen molar-refractivity contribution in [2.24, 2.45) is 11.8 Å². The molecule has 1 aliphatic heterocycles. The molecule has 3 unspecified atom stereocenters. The van der Waals surface area contributed by atoms with Gasteiger partial charge in [-0.05, 0) is 48.8 Å². The van der Waals surface area contributed by atoms with Crippen molar-refractivity contribution in [2.75, 3.05) is 20.2 Å². The molecule has 2 aliphatic rings. The number of ether oxygens (including phenoxy) is 1. The molecule has 126 valence electrons. The highest BCUT2D eigenvalue weighted by Crippen LogP contribution is 2.41. The first-order valence-electron chi connectivity index (χ1n) is 8.46. The van der Waals surface area contributed by atoms with Gasteiger partial charge >= 0.3 is 6.03 Å². The monoisotopic (exact) mass is 318 g/mol. The number of amides is 2. The fraction of sp³-hybridized carbons (Fsp3) is 0.611. The van der Waals surface area contributed by atoms with Crippen LogP contribution in [0.1, 0.15) is 37.8 Å². The number of nitrogens with zero attached hydrogens (tertiary/aromatic N) is 1. The normalized spacial score (nSPS) is 25.8. The molecular formula is C18H26N2O3. The van der Waals surface area contributed by atoms with E-state index in [0.29, 0.717) is 19.0 Å². The molecule has 3 atom stereocenters. The Hall–Kier alpha value is -1.75. The Kier molecular flexibility index (Phi) is 4.76. The Balaban J connectivity index is 1.66. The summed E-state index contributed by atoms with van der Waals surface area (Å²) < 4.78 is 5.20. The Morgan fingerprint density at radius 2 is 2.00 bits per heavy atom. The lowest BCUT2D eigenvalue weighted by atomic mass is 9.96. The van der Waals surface area contributed by atoms with Crippen LogP contribution in [-0.2, 0) is 0 Å². The van der Waals surface area contributed by atoms with Crippen LogP contribution in [0.2, 0.25) is 0 Å². The van der Waals surface area contributed by atoms with Crippen molar-refractivity contribution < 1.29 is 14.6 Å². The molecular weight excluding hydrogens is 292 g/mol. The van der Waals surface area contributed by atoms with Gasteiger partial charge in [0.15, 0.2) is 0 Å². The molecule has 1 aliphatic carbocycles. The SMILES string of the molecule is COc1ccc(C(NC(=O)N2CCC(C)C(O)C2)C2CC2)cc1. The molecule has 5 heteroatoms. The van der Waals surface area contributed by atoms with Crippen molar-refractivity contribution in [3.8, 4) is 5.75 Å². The number of nitrogens with one attached hydrogen (secondary N) is 1. The summed E-state index contributed by atoms with van der Waals surface area (Å²) in [5.74, 6) is 1.60. The molecule has 0 aromatic heterocycles. The van der Waals surface area contributed by atoms with E-state index in [1.807, 2.05) is 31.2 Å². The van der Waals surface area contributed by atoms with E-state index < -0.39 is 6.10 Å². The maximum absolute atomic E-state index is 12.6. The van der Waals surface area contributed by atoms with E-state index in [1.54, 1.807) is 12.0 Å². The molecule has 1 saturated heterocycles.